The number of methoxy groups -OCH3 is 1. The highest BCUT2D eigenvalue weighted by atomic mass is 16.5. The summed E-state index contributed by atoms with van der Waals surface area (Å²) < 4.78 is 10.3. The number of hydrogen-bond donors (Lipinski definition) is 0. The molecule has 130 valence electrons. The van der Waals surface area contributed by atoms with E-state index >= 15 is 0 Å². The first-order valence-electron chi connectivity index (χ1n) is 8.05. The quantitative estimate of drug-likeness (QED) is 0.451. The summed E-state index contributed by atoms with van der Waals surface area (Å²) in [5.41, 5.74) is 3.49. The van der Waals surface area contributed by atoms with Gasteiger partial charge in [-0.15, -0.1) is 0 Å². The lowest BCUT2D eigenvalue weighted by molar-refractivity contribution is -0.140. The molecule has 0 N–H and O–H groups in total. The van der Waals surface area contributed by atoms with Gasteiger partial charge in [-0.25, -0.2) is 4.79 Å². The first kappa shape index (κ1) is 18.5. The van der Waals surface area contributed by atoms with Crippen LogP contribution in [0.25, 0.3) is 6.08 Å². The maximum Gasteiger partial charge on any atom is 0.331 e. The van der Waals surface area contributed by atoms with Gasteiger partial charge in [0.15, 0.2) is 6.10 Å². The van der Waals surface area contributed by atoms with Gasteiger partial charge in [0.1, 0.15) is 5.75 Å². The largest absolute Gasteiger partial charge is 0.497 e. The summed E-state index contributed by atoms with van der Waals surface area (Å²) >= 11 is 0. The highest BCUT2D eigenvalue weighted by molar-refractivity contribution is 6.01. The average molecular weight is 338 g/mol. The second-order valence-electron chi connectivity index (χ2n) is 5.85. The van der Waals surface area contributed by atoms with Gasteiger partial charge >= 0.3 is 5.97 Å². The van der Waals surface area contributed by atoms with E-state index in [1.165, 1.54) is 6.08 Å². The number of Topliss-reactive ketones (excluding diaryl/α,β-unsaturated/α-hetero) is 1. The van der Waals surface area contributed by atoms with Crippen LogP contribution in [0.15, 0.2) is 48.5 Å². The fourth-order valence-corrected chi connectivity index (χ4v) is 2.31. The summed E-state index contributed by atoms with van der Waals surface area (Å²) in [4.78, 5) is 24.3. The van der Waals surface area contributed by atoms with Crippen LogP contribution in [-0.2, 0) is 9.53 Å². The molecule has 0 aliphatic carbocycles. The number of carbonyl (C=O) groups is 2. The first-order valence-corrected chi connectivity index (χ1v) is 8.05. The van der Waals surface area contributed by atoms with Crippen molar-refractivity contribution >= 4 is 17.8 Å². The van der Waals surface area contributed by atoms with E-state index in [1.807, 2.05) is 44.2 Å². The molecule has 0 spiro atoms. The molecule has 2 aromatic carbocycles. The van der Waals surface area contributed by atoms with Gasteiger partial charge in [-0.1, -0.05) is 24.3 Å². The summed E-state index contributed by atoms with van der Waals surface area (Å²) in [6, 6.07) is 12.7. The monoisotopic (exact) mass is 338 g/mol. The van der Waals surface area contributed by atoms with Crippen molar-refractivity contribution in [1.29, 1.82) is 0 Å². The van der Waals surface area contributed by atoms with Crippen molar-refractivity contribution in [2.75, 3.05) is 7.11 Å². The molecule has 0 aliphatic rings. The minimum Gasteiger partial charge on any atom is -0.497 e. The molecule has 0 unspecified atom stereocenters. The minimum atomic E-state index is -0.843. The van der Waals surface area contributed by atoms with Crippen LogP contribution in [0.2, 0.25) is 0 Å². The number of esters is 1. The van der Waals surface area contributed by atoms with E-state index in [0.29, 0.717) is 11.3 Å². The SMILES string of the molecule is COc1cccc(/C=C/C(=O)O[C@H](C)C(=O)c2ccc(C)c(C)c2)c1. The molecule has 0 aliphatic heterocycles. The van der Waals surface area contributed by atoms with E-state index < -0.39 is 12.1 Å². The molecule has 0 heterocycles. The zero-order valence-corrected chi connectivity index (χ0v) is 14.9. The summed E-state index contributed by atoms with van der Waals surface area (Å²) in [5.74, 6) is -0.0764. The highest BCUT2D eigenvalue weighted by Gasteiger charge is 2.18. The minimum absolute atomic E-state index is 0.216. The Bertz CT molecular complexity index is 805. The molecule has 0 radical (unpaired) electrons. The predicted octanol–water partition coefficient (Wildman–Crippen LogP) is 4.14. The maximum absolute atomic E-state index is 12.4. The van der Waals surface area contributed by atoms with Crippen molar-refractivity contribution in [2.45, 2.75) is 26.9 Å². The number of ketones is 1. The molecule has 0 bridgehead atoms. The number of aryl methyl sites for hydroxylation is 2. The molecule has 4 nitrogen and oxygen atoms in total. The van der Waals surface area contributed by atoms with E-state index in [9.17, 15) is 9.59 Å². The molecule has 0 saturated heterocycles. The van der Waals surface area contributed by atoms with E-state index in [0.717, 1.165) is 16.7 Å². The third-order valence-corrected chi connectivity index (χ3v) is 3.96. The molecule has 0 amide bonds. The lowest BCUT2D eigenvalue weighted by atomic mass is 10.0. The average Bonchev–Trinajstić information content (AvgIpc) is 2.61. The highest BCUT2D eigenvalue weighted by Crippen LogP contribution is 2.15. The van der Waals surface area contributed by atoms with E-state index in [-0.39, 0.29) is 5.78 Å². The van der Waals surface area contributed by atoms with Crippen LogP contribution in [-0.4, -0.2) is 25.0 Å². The Kier molecular flexibility index (Phi) is 6.12. The molecule has 2 aromatic rings. The van der Waals surface area contributed by atoms with Crippen LogP contribution in [0.1, 0.15) is 34.0 Å². The molecule has 1 atom stereocenters. The van der Waals surface area contributed by atoms with Crippen LogP contribution in [0.3, 0.4) is 0 Å². The van der Waals surface area contributed by atoms with E-state index in [2.05, 4.69) is 0 Å². The van der Waals surface area contributed by atoms with Gasteiger partial charge in [-0.3, -0.25) is 4.79 Å². The number of hydrogen-bond acceptors (Lipinski definition) is 4. The van der Waals surface area contributed by atoms with E-state index in [4.69, 9.17) is 9.47 Å². The molecule has 0 saturated carbocycles. The Morgan fingerprint density at radius 1 is 1.04 bits per heavy atom. The summed E-state index contributed by atoms with van der Waals surface area (Å²) in [7, 11) is 1.58. The molecule has 2 rings (SSSR count). The Morgan fingerprint density at radius 3 is 2.48 bits per heavy atom. The van der Waals surface area contributed by atoms with Crippen molar-refractivity contribution in [3.05, 3.63) is 70.8 Å². The summed E-state index contributed by atoms with van der Waals surface area (Å²) in [6.07, 6.45) is 2.08. The fraction of sp³-hybridized carbons (Fsp3) is 0.238. The van der Waals surface area contributed by atoms with Crippen LogP contribution in [0, 0.1) is 13.8 Å². The fourth-order valence-electron chi connectivity index (χ4n) is 2.31. The number of carbonyl (C=O) groups excluding carboxylic acids is 2. The van der Waals surface area contributed by atoms with Gasteiger partial charge in [-0.2, -0.15) is 0 Å². The van der Waals surface area contributed by atoms with Crippen LogP contribution in [0.5, 0.6) is 5.75 Å². The molecule has 0 fully saturated rings. The van der Waals surface area contributed by atoms with Crippen molar-refractivity contribution in [2.24, 2.45) is 0 Å². The third kappa shape index (κ3) is 5.05. The van der Waals surface area contributed by atoms with Crippen LogP contribution in [0.4, 0.5) is 0 Å². The van der Waals surface area contributed by atoms with Crippen LogP contribution < -0.4 is 4.74 Å². The second kappa shape index (κ2) is 8.29. The summed E-state index contributed by atoms with van der Waals surface area (Å²) in [6.45, 7) is 5.50. The zero-order valence-electron chi connectivity index (χ0n) is 14.9. The van der Waals surface area contributed by atoms with Gasteiger partial charge in [0, 0.05) is 11.6 Å². The zero-order chi connectivity index (χ0) is 18.4. The first-order chi connectivity index (χ1) is 11.9. The van der Waals surface area contributed by atoms with Crippen LogP contribution >= 0.6 is 0 Å². The van der Waals surface area contributed by atoms with E-state index in [1.54, 1.807) is 32.2 Å². The predicted molar refractivity (Wildman–Crippen MR) is 97.8 cm³/mol. The standard InChI is InChI=1S/C21H22O4/c1-14-8-10-18(12-15(14)2)21(23)16(3)25-20(22)11-9-17-6-5-7-19(13-17)24-4/h5-13,16H,1-4H3/b11-9+/t16-/m1/s1. The van der Waals surface area contributed by atoms with Crippen molar-refractivity contribution in [3.8, 4) is 5.75 Å². The smallest absolute Gasteiger partial charge is 0.331 e. The van der Waals surface area contributed by atoms with Crippen molar-refractivity contribution in [3.63, 3.8) is 0 Å². The molecular weight excluding hydrogens is 316 g/mol. The number of ether oxygens (including phenoxy) is 2. The normalized spacial score (nSPS) is 12.0. The molecule has 25 heavy (non-hydrogen) atoms. The molecule has 0 aromatic heterocycles. The Labute approximate surface area is 148 Å². The third-order valence-electron chi connectivity index (χ3n) is 3.96. The lowest BCUT2D eigenvalue weighted by Gasteiger charge is -2.12. The van der Waals surface area contributed by atoms with Crippen molar-refractivity contribution in [1.82, 2.24) is 0 Å². The summed E-state index contributed by atoms with van der Waals surface area (Å²) in [5, 5.41) is 0. The maximum atomic E-state index is 12.4. The Hall–Kier alpha value is -2.88. The van der Waals surface area contributed by atoms with Gasteiger partial charge < -0.3 is 9.47 Å². The van der Waals surface area contributed by atoms with Crippen molar-refractivity contribution < 1.29 is 19.1 Å². The van der Waals surface area contributed by atoms with Gasteiger partial charge in [0.2, 0.25) is 5.78 Å². The molecule has 4 heteroatoms. The number of benzene rings is 2. The Balaban J connectivity index is 2.00. The Morgan fingerprint density at radius 2 is 1.80 bits per heavy atom. The van der Waals surface area contributed by atoms with Gasteiger partial charge in [0.05, 0.1) is 7.11 Å². The lowest BCUT2D eigenvalue weighted by Crippen LogP contribution is -2.23. The van der Waals surface area contributed by atoms with Gasteiger partial charge in [-0.05, 0) is 61.7 Å². The number of rotatable bonds is 6. The second-order valence-corrected chi connectivity index (χ2v) is 5.85. The molecular formula is C21H22O4. The topological polar surface area (TPSA) is 52.6 Å². The van der Waals surface area contributed by atoms with Gasteiger partial charge in [0.25, 0.3) is 0 Å².